The molecule has 0 unspecified atom stereocenters. The number of rotatable bonds is 5. The van der Waals surface area contributed by atoms with Gasteiger partial charge in [-0.1, -0.05) is 29.8 Å². The third-order valence-electron chi connectivity index (χ3n) is 2.78. The molecule has 0 saturated carbocycles. The summed E-state index contributed by atoms with van der Waals surface area (Å²) < 4.78 is 0.935. The minimum Gasteiger partial charge on any atom is -0.351 e. The minimum absolute atomic E-state index is 0.0174. The smallest absolute Gasteiger partial charge is 0.251 e. The van der Waals surface area contributed by atoms with Crippen LogP contribution in [0.5, 0.6) is 0 Å². The first-order valence-corrected chi connectivity index (χ1v) is 7.19. The lowest BCUT2D eigenvalue weighted by Crippen LogP contribution is -2.40. The summed E-state index contributed by atoms with van der Waals surface area (Å²) in [4.78, 5) is 14.3. The summed E-state index contributed by atoms with van der Waals surface area (Å²) in [7, 11) is 4.09. The van der Waals surface area contributed by atoms with Crippen LogP contribution in [-0.2, 0) is 0 Å². The van der Waals surface area contributed by atoms with Crippen LogP contribution >= 0.6 is 15.9 Å². The van der Waals surface area contributed by atoms with Gasteiger partial charge in [0.1, 0.15) is 0 Å². The molecule has 1 N–H and O–H groups in total. The highest BCUT2D eigenvalue weighted by atomic mass is 79.9. The van der Waals surface area contributed by atoms with E-state index in [1.807, 2.05) is 39.2 Å². The number of carbonyl (C=O) groups is 1. The Labute approximate surface area is 124 Å². The number of halogens is 1. The van der Waals surface area contributed by atoms with Gasteiger partial charge in [-0.25, -0.2) is 0 Å². The summed E-state index contributed by atoms with van der Waals surface area (Å²) in [5, 5.41) is 3.01. The maximum Gasteiger partial charge on any atom is 0.251 e. The third-order valence-corrected chi connectivity index (χ3v) is 3.23. The zero-order valence-corrected chi connectivity index (χ0v) is 14.0. The standard InChI is InChI=1S/C15H23BrN2O/c1-11-6-12(8-13(16)7-11)14(19)17-9-15(2,3)10-18(4)5/h6-8H,9-10H2,1-5H3,(H,17,19). The van der Waals surface area contributed by atoms with Crippen LogP contribution in [0.1, 0.15) is 29.8 Å². The van der Waals surface area contributed by atoms with Gasteiger partial charge in [-0.2, -0.15) is 0 Å². The van der Waals surface area contributed by atoms with Gasteiger partial charge < -0.3 is 10.2 Å². The van der Waals surface area contributed by atoms with Crippen molar-refractivity contribution in [3.8, 4) is 0 Å². The largest absolute Gasteiger partial charge is 0.351 e. The maximum absolute atomic E-state index is 12.1. The molecule has 1 aromatic rings. The lowest BCUT2D eigenvalue weighted by molar-refractivity contribution is 0.0929. The fourth-order valence-corrected chi connectivity index (χ4v) is 2.81. The van der Waals surface area contributed by atoms with E-state index in [2.05, 4.69) is 40.0 Å². The van der Waals surface area contributed by atoms with Crippen molar-refractivity contribution in [1.82, 2.24) is 10.2 Å². The van der Waals surface area contributed by atoms with E-state index in [0.717, 1.165) is 16.6 Å². The molecular weight excluding hydrogens is 304 g/mol. The normalized spacial score (nSPS) is 11.7. The zero-order chi connectivity index (χ0) is 14.6. The quantitative estimate of drug-likeness (QED) is 0.901. The van der Waals surface area contributed by atoms with Gasteiger partial charge >= 0.3 is 0 Å². The molecule has 0 heterocycles. The van der Waals surface area contributed by atoms with Gasteiger partial charge in [-0.05, 0) is 50.2 Å². The minimum atomic E-state index is -0.0174. The molecule has 19 heavy (non-hydrogen) atoms. The van der Waals surface area contributed by atoms with E-state index in [0.29, 0.717) is 12.1 Å². The highest BCUT2D eigenvalue weighted by Crippen LogP contribution is 2.17. The molecular formula is C15H23BrN2O. The molecule has 0 aromatic heterocycles. The molecule has 106 valence electrons. The molecule has 0 radical (unpaired) electrons. The number of hydrogen-bond donors (Lipinski definition) is 1. The lowest BCUT2D eigenvalue weighted by Gasteiger charge is -2.28. The van der Waals surface area contributed by atoms with Crippen LogP contribution in [-0.4, -0.2) is 38.0 Å². The number of benzene rings is 1. The first kappa shape index (κ1) is 16.2. The second-order valence-corrected chi connectivity index (χ2v) is 7.02. The molecule has 1 amide bonds. The Balaban J connectivity index is 2.65. The average Bonchev–Trinajstić information content (AvgIpc) is 2.22. The monoisotopic (exact) mass is 326 g/mol. The number of aryl methyl sites for hydroxylation is 1. The Kier molecular flexibility index (Phi) is 5.56. The number of nitrogens with zero attached hydrogens (tertiary/aromatic N) is 1. The van der Waals surface area contributed by atoms with Gasteiger partial charge in [-0.3, -0.25) is 4.79 Å². The van der Waals surface area contributed by atoms with Gasteiger partial charge in [0, 0.05) is 23.1 Å². The molecule has 0 saturated heterocycles. The van der Waals surface area contributed by atoms with Gasteiger partial charge in [0.05, 0.1) is 0 Å². The van der Waals surface area contributed by atoms with Crippen molar-refractivity contribution >= 4 is 21.8 Å². The summed E-state index contributed by atoms with van der Waals surface area (Å²) in [6.07, 6.45) is 0. The number of amides is 1. The van der Waals surface area contributed by atoms with Crippen LogP contribution in [0.15, 0.2) is 22.7 Å². The van der Waals surface area contributed by atoms with Crippen LogP contribution in [0.2, 0.25) is 0 Å². The fraction of sp³-hybridized carbons (Fsp3) is 0.533. The Morgan fingerprint density at radius 2 is 1.95 bits per heavy atom. The number of hydrogen-bond acceptors (Lipinski definition) is 2. The summed E-state index contributed by atoms with van der Waals surface area (Å²) in [5.41, 5.74) is 1.83. The van der Waals surface area contributed by atoms with Gasteiger partial charge in [-0.15, -0.1) is 0 Å². The van der Waals surface area contributed by atoms with Crippen molar-refractivity contribution in [2.24, 2.45) is 5.41 Å². The lowest BCUT2D eigenvalue weighted by atomic mass is 9.93. The molecule has 1 aromatic carbocycles. The summed E-state index contributed by atoms with van der Waals surface area (Å²) in [5.74, 6) is -0.0174. The van der Waals surface area contributed by atoms with Crippen LogP contribution in [0.4, 0.5) is 0 Å². The summed E-state index contributed by atoms with van der Waals surface area (Å²) in [6, 6.07) is 5.74. The SMILES string of the molecule is Cc1cc(Br)cc(C(=O)NCC(C)(C)CN(C)C)c1. The predicted molar refractivity (Wildman–Crippen MR) is 83.5 cm³/mol. The summed E-state index contributed by atoms with van der Waals surface area (Å²) >= 11 is 3.42. The van der Waals surface area contributed by atoms with Crippen molar-refractivity contribution in [2.45, 2.75) is 20.8 Å². The van der Waals surface area contributed by atoms with Crippen LogP contribution < -0.4 is 5.32 Å². The highest BCUT2D eigenvalue weighted by molar-refractivity contribution is 9.10. The predicted octanol–water partition coefficient (Wildman–Crippen LogP) is 3.08. The molecule has 0 aliphatic carbocycles. The van der Waals surface area contributed by atoms with E-state index in [1.54, 1.807) is 0 Å². The topological polar surface area (TPSA) is 32.3 Å². The van der Waals surface area contributed by atoms with Crippen LogP contribution in [0, 0.1) is 12.3 Å². The molecule has 0 spiro atoms. The Morgan fingerprint density at radius 1 is 1.32 bits per heavy atom. The van der Waals surface area contributed by atoms with Gasteiger partial charge in [0.25, 0.3) is 5.91 Å². The average molecular weight is 327 g/mol. The molecule has 0 fully saturated rings. The Bertz CT molecular complexity index is 435. The molecule has 0 aliphatic heterocycles. The second kappa shape index (κ2) is 6.53. The van der Waals surface area contributed by atoms with Crippen molar-refractivity contribution < 1.29 is 4.79 Å². The van der Waals surface area contributed by atoms with Crippen molar-refractivity contribution in [3.05, 3.63) is 33.8 Å². The fourth-order valence-electron chi connectivity index (χ4n) is 2.20. The van der Waals surface area contributed by atoms with E-state index in [-0.39, 0.29) is 11.3 Å². The molecule has 0 atom stereocenters. The van der Waals surface area contributed by atoms with E-state index in [1.165, 1.54) is 0 Å². The van der Waals surface area contributed by atoms with Crippen LogP contribution in [0.25, 0.3) is 0 Å². The first-order chi connectivity index (χ1) is 8.69. The molecule has 3 nitrogen and oxygen atoms in total. The number of carbonyl (C=O) groups excluding carboxylic acids is 1. The third kappa shape index (κ3) is 5.74. The van der Waals surface area contributed by atoms with Crippen molar-refractivity contribution in [1.29, 1.82) is 0 Å². The summed E-state index contributed by atoms with van der Waals surface area (Å²) in [6.45, 7) is 7.89. The molecule has 1 rings (SSSR count). The number of nitrogens with one attached hydrogen (secondary N) is 1. The van der Waals surface area contributed by atoms with Gasteiger partial charge in [0.15, 0.2) is 0 Å². The zero-order valence-electron chi connectivity index (χ0n) is 12.4. The van der Waals surface area contributed by atoms with E-state index >= 15 is 0 Å². The second-order valence-electron chi connectivity index (χ2n) is 6.10. The molecule has 0 bridgehead atoms. The molecule has 4 heteroatoms. The Morgan fingerprint density at radius 3 is 2.47 bits per heavy atom. The van der Waals surface area contributed by atoms with Crippen molar-refractivity contribution in [2.75, 3.05) is 27.2 Å². The van der Waals surface area contributed by atoms with E-state index in [9.17, 15) is 4.79 Å². The highest BCUT2D eigenvalue weighted by Gasteiger charge is 2.20. The molecule has 0 aliphatic rings. The Hall–Kier alpha value is -0.870. The van der Waals surface area contributed by atoms with E-state index < -0.39 is 0 Å². The van der Waals surface area contributed by atoms with Gasteiger partial charge in [0.2, 0.25) is 0 Å². The maximum atomic E-state index is 12.1. The van der Waals surface area contributed by atoms with E-state index in [4.69, 9.17) is 0 Å². The first-order valence-electron chi connectivity index (χ1n) is 6.40. The van der Waals surface area contributed by atoms with Crippen molar-refractivity contribution in [3.63, 3.8) is 0 Å². The van der Waals surface area contributed by atoms with Crippen LogP contribution in [0.3, 0.4) is 0 Å².